The van der Waals surface area contributed by atoms with Crippen LogP contribution in [-0.4, -0.2) is 93.6 Å². The minimum Gasteiger partial charge on any atom is -0.338 e. The van der Waals surface area contributed by atoms with Gasteiger partial charge < -0.3 is 21.3 Å². The van der Waals surface area contributed by atoms with Crippen molar-refractivity contribution < 1.29 is 14.0 Å². The molecular formula is C28H39FN8O3. The number of fused-ring (bicyclic) bond motifs is 1. The maximum atomic E-state index is 15.1. The maximum absolute atomic E-state index is 15.1. The van der Waals surface area contributed by atoms with Crippen LogP contribution in [0.5, 0.6) is 0 Å². The zero-order valence-corrected chi connectivity index (χ0v) is 23.3. The molecule has 3 fully saturated rings. The lowest BCUT2D eigenvalue weighted by Gasteiger charge is -2.37. The number of carbonyl (C=O) groups excluding carboxylic acids is 2. The van der Waals surface area contributed by atoms with Gasteiger partial charge in [-0.3, -0.25) is 19.6 Å². The van der Waals surface area contributed by atoms with Crippen LogP contribution in [0, 0.1) is 23.6 Å². The lowest BCUT2D eigenvalue weighted by molar-refractivity contribution is -0.137. The van der Waals surface area contributed by atoms with E-state index in [1.54, 1.807) is 35.8 Å². The molecule has 3 aliphatic rings. The van der Waals surface area contributed by atoms with Crippen LogP contribution >= 0.6 is 0 Å². The molecule has 1 aromatic heterocycles. The van der Waals surface area contributed by atoms with Crippen molar-refractivity contribution in [3.63, 3.8) is 0 Å². The van der Waals surface area contributed by atoms with E-state index in [1.165, 1.54) is 22.9 Å². The third kappa shape index (κ3) is 5.74. The topological polar surface area (TPSA) is 143 Å². The molecule has 4 atom stereocenters. The van der Waals surface area contributed by atoms with Crippen molar-refractivity contribution in [1.29, 1.82) is 0 Å². The van der Waals surface area contributed by atoms with Gasteiger partial charge in [-0.05, 0) is 75.3 Å². The summed E-state index contributed by atoms with van der Waals surface area (Å²) in [5, 5.41) is 2.64. The molecule has 1 saturated carbocycles. The Balaban J connectivity index is 1.16. The molecule has 2 saturated heterocycles. The number of likely N-dealkylation sites (tertiary alicyclic amines) is 1. The van der Waals surface area contributed by atoms with E-state index in [1.807, 2.05) is 0 Å². The highest BCUT2D eigenvalue weighted by molar-refractivity contribution is 5.89. The average molecular weight is 555 g/mol. The van der Waals surface area contributed by atoms with Gasteiger partial charge >= 0.3 is 11.7 Å². The molecule has 2 unspecified atom stereocenters. The monoisotopic (exact) mass is 554 g/mol. The van der Waals surface area contributed by atoms with E-state index in [0.29, 0.717) is 61.6 Å². The summed E-state index contributed by atoms with van der Waals surface area (Å²) in [5.74, 6) is 1.60. The molecule has 1 aromatic carbocycles. The van der Waals surface area contributed by atoms with E-state index in [2.05, 4.69) is 22.1 Å². The number of nitrogens with one attached hydrogen (secondary N) is 1. The summed E-state index contributed by atoms with van der Waals surface area (Å²) in [6.45, 7) is 9.65. The van der Waals surface area contributed by atoms with Crippen LogP contribution in [0.4, 0.5) is 15.0 Å². The predicted molar refractivity (Wildman–Crippen MR) is 149 cm³/mol. The Labute approximate surface area is 233 Å². The molecule has 5 N–H and O–H groups in total. The summed E-state index contributed by atoms with van der Waals surface area (Å²) in [4.78, 5) is 47.4. The molecule has 3 amide bonds. The highest BCUT2D eigenvalue weighted by atomic mass is 19.1. The van der Waals surface area contributed by atoms with Crippen molar-refractivity contribution in [3.8, 4) is 5.69 Å². The molecule has 216 valence electrons. The number of hydrogen-bond donors (Lipinski definition) is 3. The molecule has 5 rings (SSSR count). The molecule has 12 heteroatoms. The second-order valence-electron chi connectivity index (χ2n) is 11.9. The molecule has 0 spiro atoms. The Hall–Kier alpha value is -3.35. The fraction of sp³-hybridized carbons (Fsp3) is 0.571. The van der Waals surface area contributed by atoms with E-state index in [4.69, 9.17) is 11.5 Å². The Morgan fingerprint density at radius 3 is 2.35 bits per heavy atom. The first kappa shape index (κ1) is 28.2. The first-order valence-electron chi connectivity index (χ1n) is 13.9. The largest absolute Gasteiger partial charge is 0.354 e. The molecule has 3 heterocycles. The molecule has 1 aliphatic carbocycles. The van der Waals surface area contributed by atoms with Gasteiger partial charge in [0.1, 0.15) is 11.6 Å². The number of carbonyl (C=O) groups is 2. The quantitative estimate of drug-likeness (QED) is 0.461. The predicted octanol–water partition coefficient (Wildman–Crippen LogP) is 0.853. The summed E-state index contributed by atoms with van der Waals surface area (Å²) in [5.41, 5.74) is 11.1. The number of hydrogen-bond acceptors (Lipinski definition) is 7. The van der Waals surface area contributed by atoms with Crippen LogP contribution in [0.15, 0.2) is 35.3 Å². The van der Waals surface area contributed by atoms with Gasteiger partial charge in [0.15, 0.2) is 0 Å². The first-order valence-corrected chi connectivity index (χ1v) is 13.9. The van der Waals surface area contributed by atoms with Gasteiger partial charge in [-0.15, -0.1) is 0 Å². The number of nitrogens with two attached hydrogens (primary N) is 2. The number of benzene rings is 1. The van der Waals surface area contributed by atoms with Gasteiger partial charge in [0, 0.05) is 51.5 Å². The van der Waals surface area contributed by atoms with E-state index < -0.39 is 17.3 Å². The number of piperidine rings is 1. The molecule has 0 bridgehead atoms. The second-order valence-corrected chi connectivity index (χ2v) is 11.9. The summed E-state index contributed by atoms with van der Waals surface area (Å²) in [6, 6.07) is 6.08. The molecule has 2 aliphatic heterocycles. The first-order chi connectivity index (χ1) is 19.0. The smallest absolute Gasteiger partial charge is 0.338 e. The number of halogens is 1. The number of nitrogens with zero attached hydrogens (tertiary/aromatic N) is 5. The normalized spacial score (nSPS) is 23.6. The van der Waals surface area contributed by atoms with Crippen LogP contribution in [0.1, 0.15) is 26.3 Å². The minimum atomic E-state index is -0.969. The lowest BCUT2D eigenvalue weighted by atomic mass is 10.0. The SMILES string of the molecule is CC(Cc1ccc(-n2ccc(NC(=O)N3CCN(C(=O)C(C)(C)N)CC3)nc2=O)cc1F)N1C[C@@H]2C(CN)[C@@H]2C1. The van der Waals surface area contributed by atoms with Gasteiger partial charge in [-0.1, -0.05) is 6.07 Å². The highest BCUT2D eigenvalue weighted by Gasteiger charge is 2.55. The maximum Gasteiger partial charge on any atom is 0.354 e. The number of urea groups is 1. The van der Waals surface area contributed by atoms with Gasteiger partial charge in [0.25, 0.3) is 0 Å². The Kier molecular flexibility index (Phi) is 7.68. The number of rotatable bonds is 7. The molecule has 11 nitrogen and oxygen atoms in total. The number of piperazine rings is 1. The lowest BCUT2D eigenvalue weighted by Crippen LogP contribution is -2.58. The van der Waals surface area contributed by atoms with Crippen LogP contribution in [-0.2, 0) is 11.2 Å². The molecule has 40 heavy (non-hydrogen) atoms. The Morgan fingerprint density at radius 1 is 1.12 bits per heavy atom. The Morgan fingerprint density at radius 2 is 1.77 bits per heavy atom. The van der Waals surface area contributed by atoms with E-state index in [9.17, 15) is 14.4 Å². The van der Waals surface area contributed by atoms with Crippen molar-refractivity contribution >= 4 is 17.8 Å². The van der Waals surface area contributed by atoms with Crippen molar-refractivity contribution in [3.05, 3.63) is 52.3 Å². The van der Waals surface area contributed by atoms with Crippen molar-refractivity contribution in [2.24, 2.45) is 29.2 Å². The third-order valence-corrected chi connectivity index (χ3v) is 8.57. The van der Waals surface area contributed by atoms with E-state index in [0.717, 1.165) is 19.6 Å². The highest BCUT2D eigenvalue weighted by Crippen LogP contribution is 2.51. The molecule has 0 radical (unpaired) electrons. The fourth-order valence-electron chi connectivity index (χ4n) is 6.07. The van der Waals surface area contributed by atoms with Crippen molar-refractivity contribution in [2.45, 2.75) is 38.8 Å². The van der Waals surface area contributed by atoms with Crippen LogP contribution in [0.3, 0.4) is 0 Å². The van der Waals surface area contributed by atoms with Gasteiger partial charge in [0.2, 0.25) is 5.91 Å². The van der Waals surface area contributed by atoms with E-state index >= 15 is 4.39 Å². The van der Waals surface area contributed by atoms with Crippen LogP contribution < -0.4 is 22.5 Å². The van der Waals surface area contributed by atoms with Gasteiger partial charge in [0.05, 0.1) is 11.2 Å². The number of amides is 3. The standard InChI is InChI=1S/C28H39FN8O3/c1-17(36-15-21-20(14-30)22(21)16-36)12-18-4-5-19(13-23(18)29)37-7-6-24(33-27(37)40)32-26(39)35-10-8-34(9-11-35)25(38)28(2,3)31/h4-7,13,17,20-22H,8-12,14-16,30-31H2,1-3H3,(H,32,33,39,40)/t17?,20?,21-,22+. The van der Waals surface area contributed by atoms with Crippen molar-refractivity contribution in [1.82, 2.24) is 24.3 Å². The zero-order chi connectivity index (χ0) is 28.8. The number of aromatic nitrogens is 2. The summed E-state index contributed by atoms with van der Waals surface area (Å²) >= 11 is 0. The second kappa shape index (κ2) is 10.9. The summed E-state index contributed by atoms with van der Waals surface area (Å²) in [6.07, 6.45) is 2.05. The Bertz CT molecular complexity index is 1320. The van der Waals surface area contributed by atoms with Crippen LogP contribution in [0.25, 0.3) is 5.69 Å². The van der Waals surface area contributed by atoms with Gasteiger partial charge in [-0.2, -0.15) is 4.98 Å². The fourth-order valence-corrected chi connectivity index (χ4v) is 6.07. The zero-order valence-electron chi connectivity index (χ0n) is 23.3. The summed E-state index contributed by atoms with van der Waals surface area (Å²) in [7, 11) is 0. The number of anilines is 1. The molecule has 2 aromatic rings. The minimum absolute atomic E-state index is 0.0966. The van der Waals surface area contributed by atoms with E-state index in [-0.39, 0.29) is 23.6 Å². The van der Waals surface area contributed by atoms with Gasteiger partial charge in [-0.25, -0.2) is 14.0 Å². The van der Waals surface area contributed by atoms with Crippen molar-refractivity contribution in [2.75, 3.05) is 51.1 Å². The molecular weight excluding hydrogens is 515 g/mol. The van der Waals surface area contributed by atoms with Crippen LogP contribution in [0.2, 0.25) is 0 Å². The summed E-state index contributed by atoms with van der Waals surface area (Å²) < 4.78 is 16.3. The average Bonchev–Trinajstić information content (AvgIpc) is 3.38. The third-order valence-electron chi connectivity index (χ3n) is 8.57.